The average molecular weight is 359 g/mol. The van der Waals surface area contributed by atoms with Gasteiger partial charge in [-0.05, 0) is 43.4 Å². The zero-order valence-electron chi connectivity index (χ0n) is 14.9. The second-order valence-electron chi connectivity index (χ2n) is 5.99. The van der Waals surface area contributed by atoms with Crippen LogP contribution in [0.4, 0.5) is 11.4 Å². The highest BCUT2D eigenvalue weighted by atomic mass is 32.1. The highest BCUT2D eigenvalue weighted by Crippen LogP contribution is 2.15. The molecule has 0 aliphatic heterocycles. The summed E-state index contributed by atoms with van der Waals surface area (Å²) in [5.41, 5.74) is 4.17. The third-order valence-corrected chi connectivity index (χ3v) is 4.36. The van der Waals surface area contributed by atoms with Gasteiger partial charge in [0.15, 0.2) is 0 Å². The maximum atomic E-state index is 5.58. The molecule has 0 atom stereocenters. The summed E-state index contributed by atoms with van der Waals surface area (Å²) in [7, 11) is 1.93. The zero-order valence-corrected chi connectivity index (χ0v) is 15.7. The first-order valence-corrected chi connectivity index (χ1v) is 8.85. The van der Waals surface area contributed by atoms with E-state index in [0.29, 0.717) is 5.11 Å². The summed E-state index contributed by atoms with van der Waals surface area (Å²) in [5, 5.41) is 3.88. The Bertz CT molecular complexity index is 888. The second kappa shape index (κ2) is 8.41. The molecule has 0 heterocycles. The number of nitrogens with zero attached hydrogens (tertiary/aromatic N) is 2. The summed E-state index contributed by atoms with van der Waals surface area (Å²) in [4.78, 5) is 6.61. The van der Waals surface area contributed by atoms with Crippen molar-refractivity contribution in [2.24, 2.45) is 4.99 Å². The molecule has 3 rings (SSSR count). The molecule has 0 fully saturated rings. The number of benzene rings is 3. The Labute approximate surface area is 160 Å². The number of nitrogens with one attached hydrogen (secondary N) is 1. The van der Waals surface area contributed by atoms with Crippen LogP contribution in [-0.4, -0.2) is 18.0 Å². The molecule has 0 saturated heterocycles. The maximum Gasteiger partial charge on any atom is 0.201 e. The maximum absolute atomic E-state index is 5.58. The molecule has 0 spiro atoms. The molecule has 0 unspecified atom stereocenters. The smallest absolute Gasteiger partial charge is 0.201 e. The summed E-state index contributed by atoms with van der Waals surface area (Å²) in [6.45, 7) is 2.07. The van der Waals surface area contributed by atoms with Gasteiger partial charge < -0.3 is 10.2 Å². The van der Waals surface area contributed by atoms with Crippen LogP contribution in [0.15, 0.2) is 89.9 Å². The first kappa shape index (κ1) is 17.8. The fourth-order valence-corrected chi connectivity index (χ4v) is 2.66. The molecule has 26 heavy (non-hydrogen) atoms. The van der Waals surface area contributed by atoms with Gasteiger partial charge in [-0.1, -0.05) is 66.2 Å². The lowest BCUT2D eigenvalue weighted by atomic mass is 10.1. The van der Waals surface area contributed by atoms with E-state index in [1.807, 2.05) is 72.6 Å². The van der Waals surface area contributed by atoms with Gasteiger partial charge >= 0.3 is 0 Å². The van der Waals surface area contributed by atoms with E-state index in [9.17, 15) is 0 Å². The Morgan fingerprint density at radius 3 is 2.04 bits per heavy atom. The van der Waals surface area contributed by atoms with Gasteiger partial charge in [0, 0.05) is 24.0 Å². The van der Waals surface area contributed by atoms with Crippen molar-refractivity contribution in [3.05, 3.63) is 96.1 Å². The van der Waals surface area contributed by atoms with Crippen LogP contribution in [0.25, 0.3) is 0 Å². The van der Waals surface area contributed by atoms with Gasteiger partial charge in [-0.15, -0.1) is 0 Å². The molecule has 1 N–H and O–H groups in total. The summed E-state index contributed by atoms with van der Waals surface area (Å²) in [6.07, 6.45) is 0. The zero-order chi connectivity index (χ0) is 18.4. The molecular formula is C22H21N3S. The van der Waals surface area contributed by atoms with E-state index in [4.69, 9.17) is 17.2 Å². The lowest BCUT2D eigenvalue weighted by molar-refractivity contribution is 1.26. The average Bonchev–Trinajstić information content (AvgIpc) is 2.69. The van der Waals surface area contributed by atoms with Crippen LogP contribution in [0.5, 0.6) is 0 Å². The van der Waals surface area contributed by atoms with Gasteiger partial charge in [-0.2, -0.15) is 0 Å². The predicted octanol–water partition coefficient (Wildman–Crippen LogP) is 5.28. The highest BCUT2D eigenvalue weighted by molar-refractivity contribution is 7.80. The van der Waals surface area contributed by atoms with E-state index in [1.54, 1.807) is 0 Å². The quantitative estimate of drug-likeness (QED) is 0.392. The summed E-state index contributed by atoms with van der Waals surface area (Å²) >= 11 is 5.58. The molecule has 3 nitrogen and oxygen atoms in total. The van der Waals surface area contributed by atoms with Crippen LogP contribution in [0.3, 0.4) is 0 Å². The van der Waals surface area contributed by atoms with Crippen molar-refractivity contribution in [2.75, 3.05) is 17.3 Å². The number of aryl methyl sites for hydroxylation is 1. The van der Waals surface area contributed by atoms with Crippen molar-refractivity contribution in [3.8, 4) is 0 Å². The van der Waals surface area contributed by atoms with Crippen LogP contribution in [0.1, 0.15) is 11.1 Å². The van der Waals surface area contributed by atoms with Crippen LogP contribution in [-0.2, 0) is 0 Å². The first-order valence-electron chi connectivity index (χ1n) is 8.44. The summed E-state index contributed by atoms with van der Waals surface area (Å²) in [6, 6.07) is 28.2. The van der Waals surface area contributed by atoms with Crippen LogP contribution in [0.2, 0.25) is 0 Å². The molecule has 0 radical (unpaired) electrons. The van der Waals surface area contributed by atoms with Crippen LogP contribution >= 0.6 is 12.2 Å². The van der Waals surface area contributed by atoms with E-state index in [1.165, 1.54) is 5.56 Å². The molecule has 0 bridgehead atoms. The largest absolute Gasteiger partial charge is 0.340 e. The molecule has 3 aromatic carbocycles. The van der Waals surface area contributed by atoms with Crippen molar-refractivity contribution >= 4 is 34.5 Å². The third-order valence-electron chi connectivity index (χ3n) is 4.00. The van der Waals surface area contributed by atoms with Gasteiger partial charge in [0.05, 0.1) is 0 Å². The topological polar surface area (TPSA) is 27.6 Å². The monoisotopic (exact) mass is 359 g/mol. The Hall–Kier alpha value is -2.98. The molecule has 0 saturated carbocycles. The summed E-state index contributed by atoms with van der Waals surface area (Å²) in [5.74, 6) is 0.726. The number of aliphatic imine (C=N–C) groups is 1. The van der Waals surface area contributed by atoms with Crippen molar-refractivity contribution in [2.45, 2.75) is 6.92 Å². The van der Waals surface area contributed by atoms with E-state index < -0.39 is 0 Å². The van der Waals surface area contributed by atoms with Gasteiger partial charge in [-0.3, -0.25) is 0 Å². The Morgan fingerprint density at radius 1 is 0.846 bits per heavy atom. The van der Waals surface area contributed by atoms with E-state index >= 15 is 0 Å². The molecule has 3 aromatic rings. The number of hydrogen-bond acceptors (Lipinski definition) is 1. The van der Waals surface area contributed by atoms with Crippen molar-refractivity contribution in [1.82, 2.24) is 0 Å². The minimum Gasteiger partial charge on any atom is -0.340 e. The second-order valence-corrected chi connectivity index (χ2v) is 6.36. The third kappa shape index (κ3) is 4.55. The van der Waals surface area contributed by atoms with Gasteiger partial charge in [0.2, 0.25) is 5.11 Å². The fourth-order valence-electron chi connectivity index (χ4n) is 2.47. The molecule has 0 aliphatic rings. The Kier molecular flexibility index (Phi) is 5.77. The van der Waals surface area contributed by atoms with Crippen molar-refractivity contribution < 1.29 is 0 Å². The minimum atomic E-state index is 0.496. The minimum absolute atomic E-state index is 0.496. The Balaban J connectivity index is 1.92. The predicted molar refractivity (Wildman–Crippen MR) is 115 cm³/mol. The van der Waals surface area contributed by atoms with Crippen LogP contribution < -0.4 is 10.2 Å². The molecule has 0 aromatic heterocycles. The van der Waals surface area contributed by atoms with E-state index in [0.717, 1.165) is 22.8 Å². The lowest BCUT2D eigenvalue weighted by Crippen LogP contribution is -2.26. The molecular weight excluding hydrogens is 338 g/mol. The first-order chi connectivity index (χ1) is 12.6. The highest BCUT2D eigenvalue weighted by Gasteiger charge is 2.10. The number of hydrogen-bond donors (Lipinski definition) is 1. The van der Waals surface area contributed by atoms with E-state index in [-0.39, 0.29) is 0 Å². The number of para-hydroxylation sites is 2. The number of anilines is 2. The molecule has 0 aliphatic carbocycles. The Morgan fingerprint density at radius 2 is 1.42 bits per heavy atom. The van der Waals surface area contributed by atoms with Crippen molar-refractivity contribution in [3.63, 3.8) is 0 Å². The SMILES string of the molecule is Cc1ccc(/C(=N/C(=S)N(C)c2ccccc2)Nc2ccccc2)cc1. The van der Waals surface area contributed by atoms with Gasteiger partial charge in [-0.25, -0.2) is 4.99 Å². The number of rotatable bonds is 3. The standard InChI is InChI=1S/C22H21N3S/c1-17-13-15-18(16-14-17)21(23-19-9-5-3-6-10-19)24-22(26)25(2)20-11-7-4-8-12-20/h3-16H,1-2H3,(H,23,24,26). The molecule has 0 amide bonds. The molecule has 130 valence electrons. The normalized spacial score (nSPS) is 11.1. The summed E-state index contributed by atoms with van der Waals surface area (Å²) < 4.78 is 0. The fraction of sp³-hybridized carbons (Fsp3) is 0.0909. The van der Waals surface area contributed by atoms with Crippen LogP contribution in [0, 0.1) is 6.92 Å². The van der Waals surface area contributed by atoms with Crippen molar-refractivity contribution in [1.29, 1.82) is 0 Å². The van der Waals surface area contributed by atoms with Gasteiger partial charge in [0.1, 0.15) is 5.84 Å². The molecule has 4 heteroatoms. The number of amidine groups is 1. The van der Waals surface area contributed by atoms with E-state index in [2.05, 4.69) is 36.5 Å². The number of thiocarbonyl (C=S) groups is 1. The van der Waals surface area contributed by atoms with Gasteiger partial charge in [0.25, 0.3) is 0 Å². The lowest BCUT2D eigenvalue weighted by Gasteiger charge is -2.18.